The van der Waals surface area contributed by atoms with Gasteiger partial charge in [0.2, 0.25) is 6.23 Å². The molecule has 0 radical (unpaired) electrons. The number of hydrogen-bond donors (Lipinski definition) is 2. The van der Waals surface area contributed by atoms with Crippen molar-refractivity contribution in [3.8, 4) is 5.75 Å². The zero-order valence-electron chi connectivity index (χ0n) is 14.4. The van der Waals surface area contributed by atoms with Gasteiger partial charge < -0.3 is 19.5 Å². The molecular formula is C16H19F2N4O4P. The van der Waals surface area contributed by atoms with Crippen LogP contribution >= 0.6 is 8.53 Å². The highest BCUT2D eigenvalue weighted by Crippen LogP contribution is 2.43. The summed E-state index contributed by atoms with van der Waals surface area (Å²) in [5.74, 6) is -2.81. The van der Waals surface area contributed by atoms with E-state index in [1.165, 1.54) is 6.07 Å². The van der Waals surface area contributed by atoms with Crippen LogP contribution in [0.15, 0.2) is 41.3 Å². The minimum atomic E-state index is -3.27. The van der Waals surface area contributed by atoms with Gasteiger partial charge in [-0.15, -0.1) is 0 Å². The molecule has 2 heterocycles. The number of ether oxygens (including phenoxy) is 1. The third-order valence-corrected chi connectivity index (χ3v) is 4.68. The molecule has 0 spiro atoms. The first-order chi connectivity index (χ1) is 12.7. The normalized spacial score (nSPS) is 22.5. The fourth-order valence-corrected chi connectivity index (χ4v) is 3.29. The second-order valence-electron chi connectivity index (χ2n) is 6.10. The predicted molar refractivity (Wildman–Crippen MR) is 95.2 cm³/mol. The Labute approximate surface area is 155 Å². The third kappa shape index (κ3) is 4.78. The molecule has 0 aliphatic carbocycles. The summed E-state index contributed by atoms with van der Waals surface area (Å²) in [4.78, 5) is 15.2. The molecule has 1 fully saturated rings. The molecule has 1 aromatic heterocycles. The monoisotopic (exact) mass is 400 g/mol. The first kappa shape index (κ1) is 19.6. The summed E-state index contributed by atoms with van der Waals surface area (Å²) in [5.41, 5.74) is 11.3. The molecule has 1 aliphatic heterocycles. The van der Waals surface area contributed by atoms with Crippen molar-refractivity contribution in [2.75, 3.05) is 12.3 Å². The standard InChI is InChI=1S/C16H19F2N4O4P/c1-10-2-4-11(5-3-10)26-27(20)24-9-12-8-16(17,18)14(25-12)22-7-6-13(19)21-15(22)23/h2-7,12,14H,8-9,20H2,1H3,(H2,19,21,23). The maximum Gasteiger partial charge on any atom is 0.351 e. The van der Waals surface area contributed by atoms with E-state index in [2.05, 4.69) is 4.98 Å². The molecule has 1 aliphatic rings. The quantitative estimate of drug-likeness (QED) is 0.715. The van der Waals surface area contributed by atoms with E-state index in [9.17, 15) is 13.6 Å². The van der Waals surface area contributed by atoms with Gasteiger partial charge in [-0.25, -0.2) is 13.6 Å². The van der Waals surface area contributed by atoms with Gasteiger partial charge in [-0.3, -0.25) is 10.1 Å². The number of aromatic nitrogens is 2. The van der Waals surface area contributed by atoms with Gasteiger partial charge in [-0.05, 0) is 25.1 Å². The van der Waals surface area contributed by atoms with Gasteiger partial charge in [-0.2, -0.15) is 4.98 Å². The van der Waals surface area contributed by atoms with E-state index in [4.69, 9.17) is 25.0 Å². The Morgan fingerprint density at radius 2 is 2.07 bits per heavy atom. The fraction of sp³-hybridized carbons (Fsp3) is 0.375. The molecule has 2 aromatic rings. The van der Waals surface area contributed by atoms with Crippen molar-refractivity contribution in [1.82, 2.24) is 9.55 Å². The van der Waals surface area contributed by atoms with Crippen molar-refractivity contribution in [3.05, 3.63) is 52.6 Å². The van der Waals surface area contributed by atoms with Crippen LogP contribution in [0.3, 0.4) is 0 Å². The van der Waals surface area contributed by atoms with Crippen molar-refractivity contribution >= 4 is 14.3 Å². The van der Waals surface area contributed by atoms with E-state index in [1.807, 2.05) is 19.1 Å². The Hall–Kier alpha value is -2.13. The largest absolute Gasteiger partial charge is 0.436 e. The van der Waals surface area contributed by atoms with Crippen LogP contribution in [0.4, 0.5) is 14.6 Å². The van der Waals surface area contributed by atoms with Crippen LogP contribution in [-0.4, -0.2) is 28.2 Å². The molecule has 0 bridgehead atoms. The SMILES string of the molecule is Cc1ccc(OP(N)OCC2CC(F)(F)C(n3ccc(N)nc3=O)O2)cc1. The smallest absolute Gasteiger partial charge is 0.351 e. The van der Waals surface area contributed by atoms with Gasteiger partial charge >= 0.3 is 14.2 Å². The Bertz CT molecular complexity index is 849. The highest BCUT2D eigenvalue weighted by Gasteiger charge is 2.52. The van der Waals surface area contributed by atoms with Crippen molar-refractivity contribution < 1.29 is 22.6 Å². The zero-order chi connectivity index (χ0) is 19.6. The van der Waals surface area contributed by atoms with E-state index >= 15 is 0 Å². The van der Waals surface area contributed by atoms with Crippen molar-refractivity contribution in [3.63, 3.8) is 0 Å². The predicted octanol–water partition coefficient (Wildman–Crippen LogP) is 2.34. The van der Waals surface area contributed by atoms with E-state index in [0.717, 1.165) is 11.8 Å². The summed E-state index contributed by atoms with van der Waals surface area (Å²) in [6.07, 6.45) is -2.23. The van der Waals surface area contributed by atoms with Gasteiger partial charge in [0.1, 0.15) is 11.6 Å². The highest BCUT2D eigenvalue weighted by molar-refractivity contribution is 7.44. The maximum atomic E-state index is 14.3. The van der Waals surface area contributed by atoms with Crippen LogP contribution in [0.1, 0.15) is 18.2 Å². The molecule has 146 valence electrons. The lowest BCUT2D eigenvalue weighted by Gasteiger charge is -2.19. The summed E-state index contributed by atoms with van der Waals surface area (Å²) in [7, 11) is -1.81. The number of halogens is 2. The molecule has 4 N–H and O–H groups in total. The second kappa shape index (κ2) is 7.85. The molecule has 0 amide bonds. The minimum Gasteiger partial charge on any atom is -0.436 e. The summed E-state index contributed by atoms with van der Waals surface area (Å²) in [6.45, 7) is 1.73. The van der Waals surface area contributed by atoms with Crippen LogP contribution in [0.5, 0.6) is 5.75 Å². The van der Waals surface area contributed by atoms with Gasteiger partial charge in [0.15, 0.2) is 0 Å². The van der Waals surface area contributed by atoms with E-state index in [0.29, 0.717) is 10.3 Å². The maximum absolute atomic E-state index is 14.3. The number of benzene rings is 1. The lowest BCUT2D eigenvalue weighted by atomic mass is 10.2. The molecule has 3 rings (SSSR count). The Morgan fingerprint density at radius 3 is 2.74 bits per heavy atom. The number of rotatable bonds is 6. The third-order valence-electron chi connectivity index (χ3n) is 3.89. The van der Waals surface area contributed by atoms with Crippen molar-refractivity contribution in [2.45, 2.75) is 31.6 Å². The number of aryl methyl sites for hydroxylation is 1. The van der Waals surface area contributed by atoms with E-state index in [1.54, 1.807) is 12.1 Å². The van der Waals surface area contributed by atoms with Crippen LogP contribution in [-0.2, 0) is 9.26 Å². The topological polar surface area (TPSA) is 115 Å². The molecule has 3 unspecified atom stereocenters. The van der Waals surface area contributed by atoms with E-state index < -0.39 is 38.9 Å². The Kier molecular flexibility index (Phi) is 5.71. The number of nitrogens with two attached hydrogens (primary N) is 2. The zero-order valence-corrected chi connectivity index (χ0v) is 15.3. The van der Waals surface area contributed by atoms with Crippen molar-refractivity contribution in [2.24, 2.45) is 5.50 Å². The molecule has 11 heteroatoms. The number of alkyl halides is 2. The summed E-state index contributed by atoms with van der Waals surface area (Å²) >= 11 is 0. The minimum absolute atomic E-state index is 0.0560. The molecule has 1 saturated heterocycles. The first-order valence-electron chi connectivity index (χ1n) is 8.05. The van der Waals surface area contributed by atoms with E-state index in [-0.39, 0.29) is 12.4 Å². The average Bonchev–Trinajstić information content (AvgIpc) is 2.90. The van der Waals surface area contributed by atoms with Gasteiger partial charge in [0.05, 0.1) is 12.7 Å². The van der Waals surface area contributed by atoms with Crippen LogP contribution in [0.2, 0.25) is 0 Å². The first-order valence-corrected chi connectivity index (χ1v) is 9.29. The average molecular weight is 400 g/mol. The summed E-state index contributed by atoms with van der Waals surface area (Å²) < 4.78 is 45.3. The Balaban J connectivity index is 1.58. The summed E-state index contributed by atoms with van der Waals surface area (Å²) in [5, 5.41) is 0. The second-order valence-corrected chi connectivity index (χ2v) is 7.11. The molecule has 1 aromatic carbocycles. The number of anilines is 1. The van der Waals surface area contributed by atoms with Crippen LogP contribution in [0.25, 0.3) is 0 Å². The van der Waals surface area contributed by atoms with Crippen molar-refractivity contribution in [1.29, 1.82) is 0 Å². The number of nitrogen functional groups attached to an aromatic ring is 1. The van der Waals surface area contributed by atoms with Gasteiger partial charge in [0, 0.05) is 12.6 Å². The molecule has 3 atom stereocenters. The summed E-state index contributed by atoms with van der Waals surface area (Å²) in [6, 6.07) is 8.42. The lowest BCUT2D eigenvalue weighted by Crippen LogP contribution is -2.35. The Morgan fingerprint density at radius 1 is 1.37 bits per heavy atom. The fourth-order valence-electron chi connectivity index (χ4n) is 2.59. The molecule has 8 nitrogen and oxygen atoms in total. The van der Waals surface area contributed by atoms with Crippen LogP contribution < -0.4 is 21.5 Å². The lowest BCUT2D eigenvalue weighted by molar-refractivity contribution is -0.119. The van der Waals surface area contributed by atoms with Crippen LogP contribution in [0, 0.1) is 6.92 Å². The molecule has 0 saturated carbocycles. The molecule has 27 heavy (non-hydrogen) atoms. The number of nitrogens with zero attached hydrogens (tertiary/aromatic N) is 2. The van der Waals surface area contributed by atoms with Gasteiger partial charge in [0.25, 0.3) is 5.92 Å². The molecular weight excluding hydrogens is 381 g/mol. The highest BCUT2D eigenvalue weighted by atomic mass is 31.2. The van der Waals surface area contributed by atoms with Gasteiger partial charge in [-0.1, -0.05) is 17.7 Å². The number of hydrogen-bond acceptors (Lipinski definition) is 7.